The number of aromatic nitrogens is 4. The van der Waals surface area contributed by atoms with Gasteiger partial charge in [-0.25, -0.2) is 0 Å². The molecule has 0 saturated carbocycles. The van der Waals surface area contributed by atoms with Crippen molar-refractivity contribution in [3.05, 3.63) is 27.8 Å². The van der Waals surface area contributed by atoms with Gasteiger partial charge in [-0.2, -0.15) is 5.10 Å². The lowest BCUT2D eigenvalue weighted by Gasteiger charge is -2.11. The van der Waals surface area contributed by atoms with E-state index in [1.54, 1.807) is 19.9 Å². The summed E-state index contributed by atoms with van der Waals surface area (Å²) in [5, 5.41) is 25.5. The van der Waals surface area contributed by atoms with Crippen molar-refractivity contribution in [3.8, 4) is 11.5 Å². The lowest BCUT2D eigenvalue weighted by Crippen LogP contribution is -2.04. The molecule has 0 aliphatic carbocycles. The fourth-order valence-electron chi connectivity index (χ4n) is 1.76. The molecule has 0 atom stereocenters. The van der Waals surface area contributed by atoms with Gasteiger partial charge in [0.05, 0.1) is 24.4 Å². The standard InChI is InChI=1S/C12H15N7O4/c1-3-22-10-6-8(7-14-18-12(13)15-16-17-18)5-9(19(20)21)11(10)23-4-2/h5-7H,3-4H2,1-2H3,(H2,13,15,17). The third-order valence-corrected chi connectivity index (χ3v) is 2.64. The van der Waals surface area contributed by atoms with Crippen molar-refractivity contribution in [1.82, 2.24) is 20.3 Å². The number of anilines is 1. The molecular formula is C12H15N7O4. The Kier molecular flexibility index (Phi) is 5.02. The second-order valence-electron chi connectivity index (χ2n) is 4.16. The van der Waals surface area contributed by atoms with Gasteiger partial charge in [0.1, 0.15) is 0 Å². The van der Waals surface area contributed by atoms with Crippen molar-refractivity contribution < 1.29 is 14.4 Å². The summed E-state index contributed by atoms with van der Waals surface area (Å²) in [5.74, 6) is 0.333. The molecule has 2 N–H and O–H groups in total. The van der Waals surface area contributed by atoms with E-state index in [-0.39, 0.29) is 29.7 Å². The average Bonchev–Trinajstić information content (AvgIpc) is 2.92. The van der Waals surface area contributed by atoms with Crippen LogP contribution in [-0.4, -0.2) is 44.7 Å². The van der Waals surface area contributed by atoms with E-state index in [0.29, 0.717) is 12.2 Å². The fourth-order valence-corrected chi connectivity index (χ4v) is 1.76. The number of benzene rings is 1. The average molecular weight is 321 g/mol. The van der Waals surface area contributed by atoms with Gasteiger partial charge in [0.2, 0.25) is 5.75 Å². The van der Waals surface area contributed by atoms with Gasteiger partial charge in [-0.3, -0.25) is 10.1 Å². The summed E-state index contributed by atoms with van der Waals surface area (Å²) in [6.45, 7) is 4.10. The van der Waals surface area contributed by atoms with E-state index >= 15 is 0 Å². The molecule has 1 aromatic heterocycles. The molecule has 2 aromatic rings. The number of nitro groups is 1. The van der Waals surface area contributed by atoms with Crippen LogP contribution in [0.1, 0.15) is 19.4 Å². The summed E-state index contributed by atoms with van der Waals surface area (Å²) < 4.78 is 10.8. The summed E-state index contributed by atoms with van der Waals surface area (Å²) in [4.78, 5) is 11.7. The summed E-state index contributed by atoms with van der Waals surface area (Å²) in [5.41, 5.74) is 5.68. The van der Waals surface area contributed by atoms with E-state index in [2.05, 4.69) is 20.6 Å². The SMILES string of the molecule is CCOc1cc(C=Nn2nnnc2N)cc([N+](=O)[O-])c1OCC. The zero-order chi connectivity index (χ0) is 16.8. The van der Waals surface area contributed by atoms with Gasteiger partial charge >= 0.3 is 5.69 Å². The summed E-state index contributed by atoms with van der Waals surface area (Å²) in [7, 11) is 0. The van der Waals surface area contributed by atoms with E-state index in [1.165, 1.54) is 12.3 Å². The van der Waals surface area contributed by atoms with Crippen LogP contribution < -0.4 is 15.2 Å². The maximum Gasteiger partial charge on any atom is 0.315 e. The Morgan fingerprint density at radius 3 is 2.70 bits per heavy atom. The Labute approximate surface area is 130 Å². The molecule has 2 rings (SSSR count). The van der Waals surface area contributed by atoms with E-state index in [9.17, 15) is 10.1 Å². The maximum absolute atomic E-state index is 11.3. The normalized spacial score (nSPS) is 10.9. The fraction of sp³-hybridized carbons (Fsp3) is 0.333. The third kappa shape index (κ3) is 3.70. The molecule has 1 aromatic carbocycles. The highest BCUT2D eigenvalue weighted by Crippen LogP contribution is 2.38. The molecule has 0 amide bonds. The number of hydrogen-bond acceptors (Lipinski definition) is 9. The minimum Gasteiger partial charge on any atom is -0.490 e. The van der Waals surface area contributed by atoms with Crippen molar-refractivity contribution in [3.63, 3.8) is 0 Å². The van der Waals surface area contributed by atoms with Crippen molar-refractivity contribution in [1.29, 1.82) is 0 Å². The van der Waals surface area contributed by atoms with Crippen LogP contribution in [0.15, 0.2) is 17.2 Å². The Morgan fingerprint density at radius 2 is 2.13 bits per heavy atom. The highest BCUT2D eigenvalue weighted by atomic mass is 16.6. The molecule has 0 aliphatic rings. The highest BCUT2D eigenvalue weighted by Gasteiger charge is 2.22. The van der Waals surface area contributed by atoms with Gasteiger partial charge < -0.3 is 15.2 Å². The molecule has 0 fully saturated rings. The Bertz CT molecular complexity index is 728. The number of rotatable bonds is 7. The third-order valence-electron chi connectivity index (χ3n) is 2.64. The first-order chi connectivity index (χ1) is 11.1. The molecule has 11 nitrogen and oxygen atoms in total. The molecule has 0 unspecified atom stereocenters. The van der Waals surface area contributed by atoms with Crippen LogP contribution in [0.5, 0.6) is 11.5 Å². The molecule has 0 bridgehead atoms. The number of nitrogens with zero attached hydrogens (tertiary/aromatic N) is 6. The van der Waals surface area contributed by atoms with Crippen molar-refractivity contribution in [2.75, 3.05) is 18.9 Å². The quantitative estimate of drug-likeness (QED) is 0.449. The van der Waals surface area contributed by atoms with E-state index in [1.807, 2.05) is 0 Å². The predicted octanol–water partition coefficient (Wildman–Crippen LogP) is 0.843. The lowest BCUT2D eigenvalue weighted by molar-refractivity contribution is -0.385. The first-order valence-electron chi connectivity index (χ1n) is 6.73. The monoisotopic (exact) mass is 321 g/mol. The summed E-state index contributed by atoms with van der Waals surface area (Å²) in [6.07, 6.45) is 1.33. The van der Waals surface area contributed by atoms with Gasteiger partial charge in [0.25, 0.3) is 5.95 Å². The Morgan fingerprint density at radius 1 is 1.39 bits per heavy atom. The smallest absolute Gasteiger partial charge is 0.315 e. The molecule has 1 heterocycles. The van der Waals surface area contributed by atoms with Crippen molar-refractivity contribution >= 4 is 17.9 Å². The molecule has 23 heavy (non-hydrogen) atoms. The predicted molar refractivity (Wildman–Crippen MR) is 80.7 cm³/mol. The molecular weight excluding hydrogens is 306 g/mol. The van der Waals surface area contributed by atoms with Crippen LogP contribution in [-0.2, 0) is 0 Å². The topological polar surface area (TPSA) is 144 Å². The van der Waals surface area contributed by atoms with Gasteiger partial charge in [0, 0.05) is 11.6 Å². The maximum atomic E-state index is 11.3. The van der Waals surface area contributed by atoms with Gasteiger partial charge in [-0.05, 0) is 30.3 Å². The van der Waals surface area contributed by atoms with Crippen molar-refractivity contribution in [2.45, 2.75) is 13.8 Å². The minimum absolute atomic E-state index is 0.00767. The largest absolute Gasteiger partial charge is 0.490 e. The molecule has 0 saturated heterocycles. The number of nitrogen functional groups attached to an aromatic ring is 1. The number of nitrogens with two attached hydrogens (primary N) is 1. The summed E-state index contributed by atoms with van der Waals surface area (Å²) in [6, 6.07) is 2.89. The van der Waals surface area contributed by atoms with Crippen molar-refractivity contribution in [2.24, 2.45) is 5.10 Å². The Balaban J connectivity index is 2.46. The van der Waals surface area contributed by atoms with Crippen LogP contribution in [0.3, 0.4) is 0 Å². The zero-order valence-corrected chi connectivity index (χ0v) is 12.5. The minimum atomic E-state index is -0.545. The zero-order valence-electron chi connectivity index (χ0n) is 12.5. The van der Waals surface area contributed by atoms with Crippen LogP contribution in [0.4, 0.5) is 11.6 Å². The van der Waals surface area contributed by atoms with Crippen LogP contribution in [0, 0.1) is 10.1 Å². The number of ether oxygens (including phenoxy) is 2. The van der Waals surface area contributed by atoms with Crippen LogP contribution in [0.2, 0.25) is 0 Å². The number of tetrazole rings is 1. The molecule has 0 radical (unpaired) electrons. The lowest BCUT2D eigenvalue weighted by atomic mass is 10.2. The molecule has 11 heteroatoms. The van der Waals surface area contributed by atoms with E-state index in [0.717, 1.165) is 4.79 Å². The number of hydrogen-bond donors (Lipinski definition) is 1. The number of nitro benzene ring substituents is 1. The highest BCUT2D eigenvalue weighted by molar-refractivity contribution is 5.83. The van der Waals surface area contributed by atoms with Gasteiger partial charge in [-0.15, -0.1) is 0 Å². The van der Waals surface area contributed by atoms with E-state index < -0.39 is 4.92 Å². The van der Waals surface area contributed by atoms with Gasteiger partial charge in [0.15, 0.2) is 5.75 Å². The second kappa shape index (κ2) is 7.15. The molecule has 0 aliphatic heterocycles. The summed E-state index contributed by atoms with van der Waals surface area (Å²) >= 11 is 0. The Hall–Kier alpha value is -3.24. The first-order valence-corrected chi connectivity index (χ1v) is 6.73. The first kappa shape index (κ1) is 16.1. The second-order valence-corrected chi connectivity index (χ2v) is 4.16. The van der Waals surface area contributed by atoms with Gasteiger partial charge in [-0.1, -0.05) is 9.89 Å². The van der Waals surface area contributed by atoms with Crippen LogP contribution >= 0.6 is 0 Å². The van der Waals surface area contributed by atoms with E-state index in [4.69, 9.17) is 15.2 Å². The van der Waals surface area contributed by atoms with Crippen LogP contribution in [0.25, 0.3) is 0 Å². The molecule has 122 valence electrons. The molecule has 0 spiro atoms.